The predicted molar refractivity (Wildman–Crippen MR) is 101 cm³/mol. The molecular formula is C20H21FN2O2S. The van der Waals surface area contributed by atoms with Gasteiger partial charge >= 0.3 is 0 Å². The average Bonchev–Trinajstić information content (AvgIpc) is 2.90. The molecule has 0 atom stereocenters. The van der Waals surface area contributed by atoms with Crippen LogP contribution in [0.4, 0.5) is 4.39 Å². The number of carbonyl (C=O) groups is 2. The van der Waals surface area contributed by atoms with Crippen molar-refractivity contribution in [1.82, 2.24) is 9.80 Å². The van der Waals surface area contributed by atoms with Gasteiger partial charge in [0.1, 0.15) is 5.82 Å². The molecule has 0 aliphatic carbocycles. The average molecular weight is 372 g/mol. The lowest BCUT2D eigenvalue weighted by Gasteiger charge is -2.22. The Balaban J connectivity index is 1.61. The van der Waals surface area contributed by atoms with Crippen molar-refractivity contribution in [3.8, 4) is 0 Å². The third kappa shape index (κ3) is 4.43. The van der Waals surface area contributed by atoms with Crippen LogP contribution >= 0.6 is 12.6 Å². The van der Waals surface area contributed by atoms with Crippen LogP contribution in [0.5, 0.6) is 0 Å². The molecule has 0 unspecified atom stereocenters. The van der Waals surface area contributed by atoms with Gasteiger partial charge < -0.3 is 9.80 Å². The molecule has 1 aliphatic rings. The van der Waals surface area contributed by atoms with Crippen molar-refractivity contribution in [3.63, 3.8) is 0 Å². The Morgan fingerprint density at radius 3 is 2.31 bits per heavy atom. The van der Waals surface area contributed by atoms with Crippen molar-refractivity contribution in [2.24, 2.45) is 0 Å². The molecule has 0 spiro atoms. The summed E-state index contributed by atoms with van der Waals surface area (Å²) < 4.78 is 13.0. The van der Waals surface area contributed by atoms with Crippen LogP contribution in [0.15, 0.2) is 53.4 Å². The third-order valence-electron chi connectivity index (χ3n) is 4.54. The zero-order chi connectivity index (χ0) is 18.5. The molecule has 0 N–H and O–H groups in total. The number of nitrogens with zero attached hydrogens (tertiary/aromatic N) is 2. The van der Waals surface area contributed by atoms with E-state index in [-0.39, 0.29) is 24.1 Å². The number of hydrogen-bond donors (Lipinski definition) is 1. The lowest BCUT2D eigenvalue weighted by atomic mass is 10.1. The van der Waals surface area contributed by atoms with Gasteiger partial charge in [0, 0.05) is 31.1 Å². The van der Waals surface area contributed by atoms with Crippen LogP contribution in [0.2, 0.25) is 0 Å². The minimum atomic E-state index is -0.311. The van der Waals surface area contributed by atoms with Crippen molar-refractivity contribution in [2.75, 3.05) is 26.2 Å². The Kier molecular flexibility index (Phi) is 5.93. The molecule has 1 heterocycles. The molecule has 2 amide bonds. The molecular weight excluding hydrogens is 351 g/mol. The van der Waals surface area contributed by atoms with Gasteiger partial charge in [-0.05, 0) is 36.2 Å². The largest absolute Gasteiger partial charge is 0.341 e. The Hall–Kier alpha value is -2.34. The minimum absolute atomic E-state index is 0.000465. The fourth-order valence-electron chi connectivity index (χ4n) is 3.08. The molecule has 0 aromatic heterocycles. The van der Waals surface area contributed by atoms with Crippen molar-refractivity contribution < 1.29 is 14.0 Å². The monoisotopic (exact) mass is 372 g/mol. The lowest BCUT2D eigenvalue weighted by molar-refractivity contribution is -0.130. The molecule has 1 saturated heterocycles. The number of thiol groups is 1. The van der Waals surface area contributed by atoms with Crippen LogP contribution in [0.3, 0.4) is 0 Å². The second-order valence-corrected chi connectivity index (χ2v) is 6.83. The molecule has 1 aliphatic heterocycles. The van der Waals surface area contributed by atoms with Crippen LogP contribution in [0.1, 0.15) is 22.3 Å². The molecule has 136 valence electrons. The second-order valence-electron chi connectivity index (χ2n) is 6.35. The fourth-order valence-corrected chi connectivity index (χ4v) is 3.34. The van der Waals surface area contributed by atoms with Gasteiger partial charge in [-0.1, -0.05) is 24.3 Å². The Morgan fingerprint density at radius 1 is 0.923 bits per heavy atom. The molecule has 2 aromatic carbocycles. The number of benzene rings is 2. The topological polar surface area (TPSA) is 40.6 Å². The summed E-state index contributed by atoms with van der Waals surface area (Å²) in [4.78, 5) is 29.5. The van der Waals surface area contributed by atoms with Crippen LogP contribution in [0, 0.1) is 5.82 Å². The van der Waals surface area contributed by atoms with Crippen molar-refractivity contribution in [1.29, 1.82) is 0 Å². The van der Waals surface area contributed by atoms with E-state index in [0.717, 1.165) is 12.0 Å². The van der Waals surface area contributed by atoms with E-state index in [1.54, 1.807) is 34.1 Å². The SMILES string of the molecule is O=C(Cc1ccc(F)cc1)N1CCCN(C(=O)c2ccccc2S)CC1. The van der Waals surface area contributed by atoms with Crippen LogP contribution in [-0.2, 0) is 11.2 Å². The van der Waals surface area contributed by atoms with E-state index in [2.05, 4.69) is 12.6 Å². The summed E-state index contributed by atoms with van der Waals surface area (Å²) in [6.45, 7) is 2.23. The highest BCUT2D eigenvalue weighted by Gasteiger charge is 2.23. The molecule has 26 heavy (non-hydrogen) atoms. The number of carbonyl (C=O) groups excluding carboxylic acids is 2. The lowest BCUT2D eigenvalue weighted by Crippen LogP contribution is -2.38. The normalized spacial score (nSPS) is 14.8. The summed E-state index contributed by atoms with van der Waals surface area (Å²) in [5, 5.41) is 0. The number of amides is 2. The first-order valence-electron chi connectivity index (χ1n) is 8.64. The maximum atomic E-state index is 13.0. The van der Waals surface area contributed by atoms with E-state index >= 15 is 0 Å². The van der Waals surface area contributed by atoms with Gasteiger partial charge in [-0.2, -0.15) is 0 Å². The van der Waals surface area contributed by atoms with Gasteiger partial charge in [-0.3, -0.25) is 9.59 Å². The zero-order valence-electron chi connectivity index (χ0n) is 14.4. The summed E-state index contributed by atoms with van der Waals surface area (Å²) in [6, 6.07) is 13.2. The number of halogens is 1. The van der Waals surface area contributed by atoms with Gasteiger partial charge in [-0.25, -0.2) is 4.39 Å². The first-order chi connectivity index (χ1) is 12.5. The summed E-state index contributed by atoms with van der Waals surface area (Å²) in [5.41, 5.74) is 1.37. The van der Waals surface area contributed by atoms with Gasteiger partial charge in [0.25, 0.3) is 5.91 Å². The zero-order valence-corrected chi connectivity index (χ0v) is 15.3. The minimum Gasteiger partial charge on any atom is -0.341 e. The van der Waals surface area contributed by atoms with E-state index in [1.165, 1.54) is 12.1 Å². The quantitative estimate of drug-likeness (QED) is 0.842. The molecule has 3 rings (SSSR count). The van der Waals surface area contributed by atoms with Gasteiger partial charge in [0.2, 0.25) is 5.91 Å². The smallest absolute Gasteiger partial charge is 0.255 e. The molecule has 1 fully saturated rings. The number of hydrogen-bond acceptors (Lipinski definition) is 3. The second kappa shape index (κ2) is 8.36. The molecule has 4 nitrogen and oxygen atoms in total. The van der Waals surface area contributed by atoms with Crippen LogP contribution < -0.4 is 0 Å². The third-order valence-corrected chi connectivity index (χ3v) is 4.93. The van der Waals surface area contributed by atoms with E-state index in [4.69, 9.17) is 0 Å². The maximum absolute atomic E-state index is 13.0. The van der Waals surface area contributed by atoms with Crippen molar-refractivity contribution in [2.45, 2.75) is 17.7 Å². The van der Waals surface area contributed by atoms with Gasteiger partial charge in [0.05, 0.1) is 12.0 Å². The first kappa shape index (κ1) is 18.5. The highest BCUT2D eigenvalue weighted by molar-refractivity contribution is 7.80. The Bertz CT molecular complexity index is 795. The van der Waals surface area contributed by atoms with Gasteiger partial charge in [-0.15, -0.1) is 12.6 Å². The highest BCUT2D eigenvalue weighted by atomic mass is 32.1. The van der Waals surface area contributed by atoms with Gasteiger partial charge in [0.15, 0.2) is 0 Å². The van der Waals surface area contributed by atoms with Crippen molar-refractivity contribution in [3.05, 3.63) is 65.5 Å². The summed E-state index contributed by atoms with van der Waals surface area (Å²) in [7, 11) is 0. The maximum Gasteiger partial charge on any atom is 0.255 e. The molecule has 0 saturated carbocycles. The Labute approximate surface area is 158 Å². The number of rotatable bonds is 3. The molecule has 0 bridgehead atoms. The van der Waals surface area contributed by atoms with Crippen LogP contribution in [0.25, 0.3) is 0 Å². The standard InChI is InChI=1S/C20H21FN2O2S/c21-16-8-6-15(7-9-16)14-19(24)22-10-3-11-23(13-12-22)20(25)17-4-1-2-5-18(17)26/h1-2,4-9,26H,3,10-14H2. The molecule has 0 radical (unpaired) electrons. The molecule has 2 aromatic rings. The summed E-state index contributed by atoms with van der Waals surface area (Å²) in [5.74, 6) is -0.362. The van der Waals surface area contributed by atoms with E-state index in [0.29, 0.717) is 36.6 Å². The fraction of sp³-hybridized carbons (Fsp3) is 0.300. The van der Waals surface area contributed by atoms with Crippen molar-refractivity contribution >= 4 is 24.4 Å². The van der Waals surface area contributed by atoms with E-state index < -0.39 is 0 Å². The predicted octanol–water partition coefficient (Wildman–Crippen LogP) is 3.03. The highest BCUT2D eigenvalue weighted by Crippen LogP contribution is 2.17. The Morgan fingerprint density at radius 2 is 1.58 bits per heavy atom. The van der Waals surface area contributed by atoms with E-state index in [1.807, 2.05) is 12.1 Å². The first-order valence-corrected chi connectivity index (χ1v) is 9.09. The molecule has 6 heteroatoms. The van der Waals surface area contributed by atoms with Crippen LogP contribution in [-0.4, -0.2) is 47.8 Å². The summed E-state index contributed by atoms with van der Waals surface area (Å²) in [6.07, 6.45) is 0.976. The summed E-state index contributed by atoms with van der Waals surface area (Å²) >= 11 is 4.36. The van der Waals surface area contributed by atoms with E-state index in [9.17, 15) is 14.0 Å².